The first-order valence-corrected chi connectivity index (χ1v) is 10.9. The summed E-state index contributed by atoms with van der Waals surface area (Å²) in [5.41, 5.74) is -0.0513. The van der Waals surface area contributed by atoms with Gasteiger partial charge >= 0.3 is 5.69 Å². The first-order valence-electron chi connectivity index (χ1n) is 9.31. The fourth-order valence-electron chi connectivity index (χ4n) is 3.68. The van der Waals surface area contributed by atoms with Crippen molar-refractivity contribution in [2.45, 2.75) is 6.54 Å². The maximum atomic E-state index is 14.6. The normalized spacial score (nSPS) is 11.5. The van der Waals surface area contributed by atoms with Crippen LogP contribution in [-0.4, -0.2) is 9.13 Å². The average molecular weight is 471 g/mol. The number of halogens is 3. The topological polar surface area (TPSA) is 44.0 Å². The largest absolute Gasteiger partial charge is 0.336 e. The highest BCUT2D eigenvalue weighted by Crippen LogP contribution is 2.32. The first-order chi connectivity index (χ1) is 15.0. The summed E-state index contributed by atoms with van der Waals surface area (Å²) < 4.78 is 18.3. The van der Waals surface area contributed by atoms with Gasteiger partial charge < -0.3 is 0 Å². The molecule has 0 unspecified atom stereocenters. The molecule has 0 atom stereocenters. The minimum Gasteiger partial charge on any atom is -0.287 e. The molecule has 8 heteroatoms. The molecule has 0 aliphatic heterocycles. The van der Waals surface area contributed by atoms with E-state index >= 15 is 0 Å². The highest BCUT2D eigenvalue weighted by atomic mass is 35.5. The Morgan fingerprint density at radius 2 is 1.71 bits per heavy atom. The first kappa shape index (κ1) is 20.0. The van der Waals surface area contributed by atoms with Crippen LogP contribution in [0, 0.1) is 5.82 Å². The van der Waals surface area contributed by atoms with E-state index in [4.69, 9.17) is 23.2 Å². The van der Waals surface area contributed by atoms with Crippen LogP contribution in [0.2, 0.25) is 10.0 Å². The Kier molecular flexibility index (Phi) is 4.93. The number of fused-ring (bicyclic) bond motifs is 3. The minimum absolute atomic E-state index is 0.123. The van der Waals surface area contributed by atoms with Gasteiger partial charge in [-0.25, -0.2) is 13.8 Å². The van der Waals surface area contributed by atoms with E-state index in [-0.39, 0.29) is 17.1 Å². The van der Waals surface area contributed by atoms with Crippen molar-refractivity contribution in [2.24, 2.45) is 0 Å². The Hall–Kier alpha value is -2.93. The Labute approximate surface area is 189 Å². The lowest BCUT2D eigenvalue weighted by molar-refractivity contribution is 0.595. The molecule has 0 amide bonds. The zero-order valence-corrected chi connectivity index (χ0v) is 18.1. The molecule has 4 nitrogen and oxygen atoms in total. The minimum atomic E-state index is -0.595. The Morgan fingerprint density at radius 3 is 2.48 bits per heavy atom. The zero-order valence-electron chi connectivity index (χ0n) is 15.8. The molecule has 5 aromatic rings. The number of aromatic nitrogens is 2. The lowest BCUT2D eigenvalue weighted by Crippen LogP contribution is -2.38. The SMILES string of the molecule is O=c1c2sc3ccccc3c2n(Cc2c(F)cccc2Cl)c(=O)n1-c1cccc(Cl)c1. The maximum absolute atomic E-state index is 14.6. The van der Waals surface area contributed by atoms with Gasteiger partial charge in [0.25, 0.3) is 5.56 Å². The second kappa shape index (κ2) is 7.64. The number of thiophene rings is 1. The molecule has 0 fully saturated rings. The number of nitrogens with zero attached hydrogens (tertiary/aromatic N) is 2. The van der Waals surface area contributed by atoms with Gasteiger partial charge in [-0.15, -0.1) is 11.3 Å². The van der Waals surface area contributed by atoms with Crippen LogP contribution in [0.15, 0.2) is 76.3 Å². The van der Waals surface area contributed by atoms with E-state index in [2.05, 4.69) is 0 Å². The van der Waals surface area contributed by atoms with E-state index in [1.807, 2.05) is 24.3 Å². The Bertz CT molecular complexity index is 1580. The fraction of sp³-hybridized carbons (Fsp3) is 0.0435. The van der Waals surface area contributed by atoms with Gasteiger partial charge in [0.1, 0.15) is 10.5 Å². The molecular formula is C23H13Cl2FN2O2S. The van der Waals surface area contributed by atoms with E-state index in [1.54, 1.807) is 30.3 Å². The summed E-state index contributed by atoms with van der Waals surface area (Å²) in [5, 5.41) is 1.35. The van der Waals surface area contributed by atoms with Crippen LogP contribution in [0.4, 0.5) is 4.39 Å². The van der Waals surface area contributed by atoms with E-state index in [0.717, 1.165) is 14.7 Å². The zero-order chi connectivity index (χ0) is 21.7. The lowest BCUT2D eigenvalue weighted by atomic mass is 10.2. The molecule has 0 aliphatic carbocycles. The highest BCUT2D eigenvalue weighted by Gasteiger charge is 2.21. The van der Waals surface area contributed by atoms with Crippen LogP contribution < -0.4 is 11.2 Å². The summed E-state index contributed by atoms with van der Waals surface area (Å²) in [7, 11) is 0. The van der Waals surface area contributed by atoms with Crippen molar-refractivity contribution in [1.29, 1.82) is 0 Å². The van der Waals surface area contributed by atoms with Crippen molar-refractivity contribution < 1.29 is 4.39 Å². The summed E-state index contributed by atoms with van der Waals surface area (Å²) in [5.74, 6) is -0.521. The summed E-state index contributed by atoms with van der Waals surface area (Å²) in [6, 6.07) is 18.3. The van der Waals surface area contributed by atoms with Crippen molar-refractivity contribution in [1.82, 2.24) is 9.13 Å². The summed E-state index contributed by atoms with van der Waals surface area (Å²) in [6.07, 6.45) is 0. The standard InChI is InChI=1S/C23H13Cl2FN2O2S/c24-13-5-3-6-14(11-13)28-22(29)21-20(15-7-1-2-10-19(15)31-21)27(23(28)30)12-16-17(25)8-4-9-18(16)26/h1-11H,12H2. The van der Waals surface area contributed by atoms with Crippen LogP contribution >= 0.6 is 34.5 Å². The van der Waals surface area contributed by atoms with E-state index in [0.29, 0.717) is 20.9 Å². The molecule has 0 saturated heterocycles. The summed E-state index contributed by atoms with van der Waals surface area (Å²) >= 11 is 13.6. The van der Waals surface area contributed by atoms with Crippen molar-refractivity contribution in [3.63, 3.8) is 0 Å². The van der Waals surface area contributed by atoms with E-state index in [1.165, 1.54) is 28.0 Å². The van der Waals surface area contributed by atoms with Crippen molar-refractivity contribution in [2.75, 3.05) is 0 Å². The van der Waals surface area contributed by atoms with E-state index in [9.17, 15) is 14.0 Å². The third kappa shape index (κ3) is 3.28. The van der Waals surface area contributed by atoms with Crippen molar-refractivity contribution in [3.8, 4) is 5.69 Å². The van der Waals surface area contributed by atoms with Gasteiger partial charge in [0, 0.05) is 25.7 Å². The molecule has 0 radical (unpaired) electrons. The van der Waals surface area contributed by atoms with Gasteiger partial charge in [-0.3, -0.25) is 9.36 Å². The third-order valence-corrected chi connectivity index (χ3v) is 6.84. The predicted molar refractivity (Wildman–Crippen MR) is 125 cm³/mol. The number of rotatable bonds is 3. The molecular weight excluding hydrogens is 458 g/mol. The molecule has 0 saturated carbocycles. The van der Waals surface area contributed by atoms with Crippen molar-refractivity contribution >= 4 is 54.8 Å². The Morgan fingerprint density at radius 1 is 0.935 bits per heavy atom. The smallest absolute Gasteiger partial charge is 0.287 e. The summed E-state index contributed by atoms with van der Waals surface area (Å²) in [4.78, 5) is 27.0. The van der Waals surface area contributed by atoms with Gasteiger partial charge in [0.05, 0.1) is 17.7 Å². The monoisotopic (exact) mass is 470 g/mol. The number of benzene rings is 3. The van der Waals surface area contributed by atoms with Crippen LogP contribution in [0.3, 0.4) is 0 Å². The molecule has 31 heavy (non-hydrogen) atoms. The third-order valence-electron chi connectivity index (χ3n) is 5.10. The molecule has 2 aromatic heterocycles. The van der Waals surface area contributed by atoms with Crippen LogP contribution in [0.5, 0.6) is 0 Å². The van der Waals surface area contributed by atoms with Gasteiger partial charge in [-0.05, 0) is 36.4 Å². The van der Waals surface area contributed by atoms with Gasteiger partial charge in [0.2, 0.25) is 0 Å². The second-order valence-electron chi connectivity index (χ2n) is 6.97. The molecule has 5 rings (SSSR count). The quantitative estimate of drug-likeness (QED) is 0.331. The van der Waals surface area contributed by atoms with Crippen LogP contribution in [0.25, 0.3) is 26.0 Å². The van der Waals surface area contributed by atoms with Crippen molar-refractivity contribution in [3.05, 3.63) is 109 Å². The molecule has 2 heterocycles. The number of hydrogen-bond acceptors (Lipinski definition) is 3. The lowest BCUT2D eigenvalue weighted by Gasteiger charge is -2.14. The molecule has 3 aromatic carbocycles. The van der Waals surface area contributed by atoms with Gasteiger partial charge in [-0.2, -0.15) is 0 Å². The molecule has 154 valence electrons. The average Bonchev–Trinajstić information content (AvgIpc) is 3.13. The van der Waals surface area contributed by atoms with E-state index < -0.39 is 17.1 Å². The number of hydrogen-bond donors (Lipinski definition) is 0. The second-order valence-corrected chi connectivity index (χ2v) is 8.86. The predicted octanol–water partition coefficient (Wildman–Crippen LogP) is 5.86. The van der Waals surface area contributed by atoms with Crippen LogP contribution in [-0.2, 0) is 6.54 Å². The molecule has 0 spiro atoms. The Balaban J connectivity index is 1.92. The molecule has 0 N–H and O–H groups in total. The fourth-order valence-corrected chi connectivity index (χ4v) is 5.22. The van der Waals surface area contributed by atoms with Gasteiger partial charge in [-0.1, -0.05) is 53.5 Å². The maximum Gasteiger partial charge on any atom is 0.336 e. The van der Waals surface area contributed by atoms with Gasteiger partial charge in [0.15, 0.2) is 0 Å². The highest BCUT2D eigenvalue weighted by molar-refractivity contribution is 7.25. The molecule has 0 aliphatic rings. The molecule has 0 bridgehead atoms. The van der Waals surface area contributed by atoms with Crippen LogP contribution in [0.1, 0.15) is 5.56 Å². The summed E-state index contributed by atoms with van der Waals surface area (Å²) in [6.45, 7) is -0.123.